The van der Waals surface area contributed by atoms with Gasteiger partial charge in [0.25, 0.3) is 5.91 Å². The lowest BCUT2D eigenvalue weighted by Gasteiger charge is -2.48. The Balaban J connectivity index is 1.62. The summed E-state index contributed by atoms with van der Waals surface area (Å²) >= 11 is 0. The maximum Gasteiger partial charge on any atom is 0.313 e. The van der Waals surface area contributed by atoms with E-state index in [0.717, 1.165) is 18.5 Å². The van der Waals surface area contributed by atoms with Crippen LogP contribution in [-0.4, -0.2) is 57.5 Å². The summed E-state index contributed by atoms with van der Waals surface area (Å²) < 4.78 is 0. The molecule has 4 rings (SSSR count). The fourth-order valence-electron chi connectivity index (χ4n) is 4.25. The number of carbonyl (C=O) groups excluding carboxylic acids is 1. The first-order valence-electron chi connectivity index (χ1n) is 8.97. The molecule has 3 N–H and O–H groups in total. The van der Waals surface area contributed by atoms with E-state index in [-0.39, 0.29) is 18.5 Å². The van der Waals surface area contributed by atoms with Crippen LogP contribution in [0.4, 0.5) is 0 Å². The summed E-state index contributed by atoms with van der Waals surface area (Å²) in [6, 6.07) is 9.45. The third-order valence-electron chi connectivity index (χ3n) is 5.63. The molecule has 0 bridgehead atoms. The number of rotatable bonds is 3. The highest BCUT2D eigenvalue weighted by molar-refractivity contribution is 5.98. The molecule has 1 aromatic carbocycles. The standard InChI is InChI=1S/C19H22N4O3/c24-17(16-15(21-12-22-16)13-5-2-1-3-6-13)23-10-7-14-19(11-23,18(25)26)8-4-9-20-14/h1-3,5-6,12,14,20H,4,7-11H2,(H,21,22)(H,25,26)/t14-,19+/m1/s1. The number of carboxylic acids is 1. The van der Waals surface area contributed by atoms with Gasteiger partial charge >= 0.3 is 5.97 Å². The normalized spacial score (nSPS) is 25.5. The Morgan fingerprint density at radius 3 is 2.85 bits per heavy atom. The van der Waals surface area contributed by atoms with Crippen molar-refractivity contribution in [1.29, 1.82) is 0 Å². The van der Waals surface area contributed by atoms with Crippen LogP contribution in [0, 0.1) is 5.41 Å². The van der Waals surface area contributed by atoms with Gasteiger partial charge in [0.15, 0.2) is 0 Å². The van der Waals surface area contributed by atoms with Crippen LogP contribution < -0.4 is 5.32 Å². The Morgan fingerprint density at radius 2 is 2.08 bits per heavy atom. The maximum atomic E-state index is 13.1. The highest BCUT2D eigenvalue weighted by Gasteiger charge is 2.51. The number of amides is 1. The average molecular weight is 354 g/mol. The Kier molecular flexibility index (Phi) is 4.24. The number of aromatic amines is 1. The lowest BCUT2D eigenvalue weighted by Crippen LogP contribution is -2.63. The first kappa shape index (κ1) is 16.8. The summed E-state index contributed by atoms with van der Waals surface area (Å²) in [5.41, 5.74) is 0.973. The van der Waals surface area contributed by atoms with Crippen molar-refractivity contribution in [3.05, 3.63) is 42.4 Å². The van der Waals surface area contributed by atoms with Gasteiger partial charge in [-0.3, -0.25) is 9.59 Å². The Bertz CT molecular complexity index is 819. The van der Waals surface area contributed by atoms with Crippen molar-refractivity contribution in [2.24, 2.45) is 5.41 Å². The molecule has 2 atom stereocenters. The number of hydrogen-bond acceptors (Lipinski definition) is 4. The van der Waals surface area contributed by atoms with Crippen LogP contribution in [0.15, 0.2) is 36.7 Å². The molecule has 26 heavy (non-hydrogen) atoms. The Labute approximate surface area is 151 Å². The molecule has 1 aromatic heterocycles. The molecule has 2 saturated heterocycles. The van der Waals surface area contributed by atoms with Gasteiger partial charge in [-0.05, 0) is 25.8 Å². The summed E-state index contributed by atoms with van der Waals surface area (Å²) in [6.07, 6.45) is 3.56. The molecule has 0 aliphatic carbocycles. The van der Waals surface area contributed by atoms with Gasteiger partial charge < -0.3 is 20.3 Å². The number of nitrogens with one attached hydrogen (secondary N) is 2. The van der Waals surface area contributed by atoms with Gasteiger partial charge in [-0.2, -0.15) is 0 Å². The van der Waals surface area contributed by atoms with Gasteiger partial charge in [0.2, 0.25) is 0 Å². The lowest BCUT2D eigenvalue weighted by atomic mass is 9.70. The number of piperidine rings is 2. The van der Waals surface area contributed by atoms with Crippen LogP contribution in [-0.2, 0) is 4.79 Å². The molecule has 7 heteroatoms. The molecule has 1 amide bonds. The molecular formula is C19H22N4O3. The smallest absolute Gasteiger partial charge is 0.313 e. The lowest BCUT2D eigenvalue weighted by molar-refractivity contribution is -0.156. The molecule has 2 aromatic rings. The van der Waals surface area contributed by atoms with Crippen molar-refractivity contribution in [1.82, 2.24) is 20.2 Å². The minimum atomic E-state index is -0.904. The summed E-state index contributed by atoms with van der Waals surface area (Å²) in [5, 5.41) is 13.2. The molecule has 2 fully saturated rings. The van der Waals surface area contributed by atoms with Crippen LogP contribution in [0.2, 0.25) is 0 Å². The number of nitrogens with zero attached hydrogens (tertiary/aromatic N) is 2. The van der Waals surface area contributed by atoms with E-state index in [4.69, 9.17) is 0 Å². The second-order valence-electron chi connectivity index (χ2n) is 7.08. The zero-order chi connectivity index (χ0) is 18.1. The average Bonchev–Trinajstić information content (AvgIpc) is 3.17. The highest BCUT2D eigenvalue weighted by Crippen LogP contribution is 2.38. The van der Waals surface area contributed by atoms with Gasteiger partial charge in [-0.1, -0.05) is 30.3 Å². The minimum absolute atomic E-state index is 0.0758. The van der Waals surface area contributed by atoms with Gasteiger partial charge in [0.05, 0.1) is 6.33 Å². The number of H-pyrrole nitrogens is 1. The molecule has 2 aliphatic heterocycles. The summed E-state index contributed by atoms with van der Waals surface area (Å²) in [7, 11) is 0. The van der Waals surface area contributed by atoms with Crippen LogP contribution in [0.3, 0.4) is 0 Å². The van der Waals surface area contributed by atoms with E-state index in [1.165, 1.54) is 6.33 Å². The number of aromatic nitrogens is 2. The van der Waals surface area contributed by atoms with Crippen molar-refractivity contribution in [3.8, 4) is 11.3 Å². The number of carboxylic acid groups (broad SMARTS) is 1. The van der Waals surface area contributed by atoms with Gasteiger partial charge in [-0.15, -0.1) is 0 Å². The second-order valence-corrected chi connectivity index (χ2v) is 7.08. The first-order valence-corrected chi connectivity index (χ1v) is 8.97. The summed E-state index contributed by atoms with van der Waals surface area (Å²) in [5.74, 6) is -1.01. The van der Waals surface area contributed by atoms with Gasteiger partial charge in [0, 0.05) is 24.7 Å². The Hall–Kier alpha value is -2.67. The van der Waals surface area contributed by atoms with E-state index in [1.54, 1.807) is 4.90 Å². The fraction of sp³-hybridized carbons (Fsp3) is 0.421. The largest absolute Gasteiger partial charge is 0.481 e. The maximum absolute atomic E-state index is 13.1. The second kappa shape index (κ2) is 6.57. The molecule has 136 valence electrons. The van der Waals surface area contributed by atoms with Crippen molar-refractivity contribution in [2.45, 2.75) is 25.3 Å². The van der Waals surface area contributed by atoms with E-state index >= 15 is 0 Å². The zero-order valence-electron chi connectivity index (χ0n) is 14.4. The predicted octanol–water partition coefficient (Wildman–Crippen LogP) is 1.75. The number of benzene rings is 1. The molecule has 3 heterocycles. The molecule has 2 aliphatic rings. The third-order valence-corrected chi connectivity index (χ3v) is 5.63. The van der Waals surface area contributed by atoms with E-state index < -0.39 is 11.4 Å². The summed E-state index contributed by atoms with van der Waals surface area (Å²) in [4.78, 5) is 34.1. The van der Waals surface area contributed by atoms with Gasteiger partial charge in [-0.25, -0.2) is 4.98 Å². The monoisotopic (exact) mass is 354 g/mol. The molecule has 0 spiro atoms. The number of aliphatic carboxylic acids is 1. The van der Waals surface area contributed by atoms with E-state index in [1.807, 2.05) is 30.3 Å². The third kappa shape index (κ3) is 2.68. The molecule has 0 radical (unpaired) electrons. The molecule has 7 nitrogen and oxygen atoms in total. The van der Waals surface area contributed by atoms with Crippen molar-refractivity contribution in [3.63, 3.8) is 0 Å². The molecular weight excluding hydrogens is 332 g/mol. The number of imidazole rings is 1. The van der Waals surface area contributed by atoms with Crippen molar-refractivity contribution in [2.75, 3.05) is 19.6 Å². The summed E-state index contributed by atoms with van der Waals surface area (Å²) in [6.45, 7) is 1.61. The zero-order valence-corrected chi connectivity index (χ0v) is 14.4. The molecule has 0 saturated carbocycles. The fourth-order valence-corrected chi connectivity index (χ4v) is 4.25. The van der Waals surface area contributed by atoms with Crippen molar-refractivity contribution < 1.29 is 14.7 Å². The van der Waals surface area contributed by atoms with Crippen LogP contribution >= 0.6 is 0 Å². The predicted molar refractivity (Wildman–Crippen MR) is 95.6 cm³/mol. The number of carbonyl (C=O) groups is 2. The number of fused-ring (bicyclic) bond motifs is 1. The van der Waals surface area contributed by atoms with E-state index in [9.17, 15) is 14.7 Å². The van der Waals surface area contributed by atoms with Gasteiger partial charge in [0.1, 0.15) is 16.8 Å². The SMILES string of the molecule is O=C(c1[nH]cnc1-c1ccccc1)N1CC[C@H]2NCCC[C@]2(C(=O)O)C1. The van der Waals surface area contributed by atoms with Crippen LogP contribution in [0.5, 0.6) is 0 Å². The molecule has 0 unspecified atom stereocenters. The van der Waals surface area contributed by atoms with E-state index in [2.05, 4.69) is 15.3 Å². The minimum Gasteiger partial charge on any atom is -0.481 e. The van der Waals surface area contributed by atoms with E-state index in [0.29, 0.717) is 30.8 Å². The van der Waals surface area contributed by atoms with Crippen molar-refractivity contribution >= 4 is 11.9 Å². The number of likely N-dealkylation sites (tertiary alicyclic amines) is 1. The Morgan fingerprint density at radius 1 is 1.27 bits per heavy atom. The topological polar surface area (TPSA) is 98.3 Å². The highest BCUT2D eigenvalue weighted by atomic mass is 16.4. The quantitative estimate of drug-likeness (QED) is 0.780. The number of hydrogen-bond donors (Lipinski definition) is 3. The van der Waals surface area contributed by atoms with Crippen LogP contribution in [0.1, 0.15) is 29.8 Å². The first-order chi connectivity index (χ1) is 12.6. The van der Waals surface area contributed by atoms with Crippen LogP contribution in [0.25, 0.3) is 11.3 Å².